The Morgan fingerprint density at radius 2 is 1.62 bits per heavy atom. The smallest absolute Gasteiger partial charge is 0.329 e. The second kappa shape index (κ2) is 10.5. The van der Waals surface area contributed by atoms with Crippen LogP contribution in [0.4, 0.5) is 0 Å². The van der Waals surface area contributed by atoms with Crippen molar-refractivity contribution in [3.8, 4) is 0 Å². The summed E-state index contributed by atoms with van der Waals surface area (Å²) >= 11 is 13.3. The average molecular weight is 412 g/mol. The van der Waals surface area contributed by atoms with Gasteiger partial charge in [0.25, 0.3) is 5.91 Å². The molecule has 2 aromatic rings. The Labute approximate surface area is 167 Å². The first-order valence-electron chi connectivity index (χ1n) is 7.96. The number of hydrogen-bond acceptors (Lipinski definition) is 4. The van der Waals surface area contributed by atoms with Crippen molar-refractivity contribution in [3.63, 3.8) is 0 Å². The van der Waals surface area contributed by atoms with E-state index in [1.54, 1.807) is 60.3 Å². The molecule has 0 radical (unpaired) electrons. The van der Waals surface area contributed by atoms with E-state index in [4.69, 9.17) is 27.9 Å². The van der Waals surface area contributed by atoms with Gasteiger partial charge < -0.3 is 10.1 Å². The van der Waals surface area contributed by atoms with Gasteiger partial charge in [-0.15, -0.1) is 0 Å². The minimum atomic E-state index is -0.710. The Hall–Kier alpha value is -1.69. The molecular weight excluding hydrogens is 393 g/mol. The number of esters is 1. The predicted molar refractivity (Wildman–Crippen MR) is 107 cm³/mol. The molecule has 1 amide bonds. The number of carbonyl (C=O) groups is 2. The second-order valence-electron chi connectivity index (χ2n) is 5.55. The van der Waals surface area contributed by atoms with E-state index in [0.29, 0.717) is 22.0 Å². The summed E-state index contributed by atoms with van der Waals surface area (Å²) in [5.41, 5.74) is 1.27. The number of carbonyl (C=O) groups excluding carboxylic acids is 2. The SMILES string of the molecule is CSCC[C@H](NC(=O)c1ccc(Cl)cc1)C(=O)OCc1ccc(Cl)cc1. The summed E-state index contributed by atoms with van der Waals surface area (Å²) in [4.78, 5) is 24.8. The van der Waals surface area contributed by atoms with E-state index >= 15 is 0 Å². The molecule has 1 atom stereocenters. The highest BCUT2D eigenvalue weighted by atomic mass is 35.5. The lowest BCUT2D eigenvalue weighted by molar-refractivity contribution is -0.147. The number of nitrogens with one attached hydrogen (secondary N) is 1. The summed E-state index contributed by atoms with van der Waals surface area (Å²) in [6.07, 6.45) is 2.43. The van der Waals surface area contributed by atoms with Gasteiger partial charge in [-0.1, -0.05) is 35.3 Å². The first-order valence-corrected chi connectivity index (χ1v) is 10.1. The minimum absolute atomic E-state index is 0.128. The second-order valence-corrected chi connectivity index (χ2v) is 7.41. The van der Waals surface area contributed by atoms with Crippen LogP contribution in [0.25, 0.3) is 0 Å². The van der Waals surface area contributed by atoms with Crippen LogP contribution in [0.3, 0.4) is 0 Å². The summed E-state index contributed by atoms with van der Waals surface area (Å²) in [6, 6.07) is 12.8. The molecule has 0 saturated carbocycles. The topological polar surface area (TPSA) is 55.4 Å². The van der Waals surface area contributed by atoms with Crippen LogP contribution < -0.4 is 5.32 Å². The number of benzene rings is 2. The Kier molecular flexibility index (Phi) is 8.29. The van der Waals surface area contributed by atoms with Gasteiger partial charge in [-0.3, -0.25) is 4.79 Å². The normalized spacial score (nSPS) is 11.7. The van der Waals surface area contributed by atoms with Gasteiger partial charge in [-0.25, -0.2) is 4.79 Å². The fourth-order valence-corrected chi connectivity index (χ4v) is 2.89. The molecule has 0 aliphatic carbocycles. The summed E-state index contributed by atoms with van der Waals surface area (Å²) in [7, 11) is 0. The molecule has 7 heteroatoms. The largest absolute Gasteiger partial charge is 0.459 e. The van der Waals surface area contributed by atoms with Crippen LogP contribution in [-0.4, -0.2) is 29.9 Å². The van der Waals surface area contributed by atoms with E-state index in [9.17, 15) is 9.59 Å². The Morgan fingerprint density at radius 1 is 1.04 bits per heavy atom. The Bertz CT molecular complexity index is 735. The van der Waals surface area contributed by atoms with Crippen LogP contribution in [0.15, 0.2) is 48.5 Å². The van der Waals surface area contributed by atoms with Gasteiger partial charge in [-0.05, 0) is 60.4 Å². The molecule has 138 valence electrons. The van der Waals surface area contributed by atoms with Crippen molar-refractivity contribution in [2.45, 2.75) is 19.1 Å². The highest BCUT2D eigenvalue weighted by molar-refractivity contribution is 7.98. The highest BCUT2D eigenvalue weighted by Crippen LogP contribution is 2.13. The predicted octanol–water partition coefficient (Wildman–Crippen LogP) is 4.59. The third-order valence-electron chi connectivity index (χ3n) is 3.60. The number of rotatable bonds is 8. The minimum Gasteiger partial charge on any atom is -0.459 e. The molecule has 26 heavy (non-hydrogen) atoms. The maximum atomic E-state index is 12.4. The molecule has 0 aliphatic heterocycles. The fourth-order valence-electron chi connectivity index (χ4n) is 2.16. The van der Waals surface area contributed by atoms with Crippen molar-refractivity contribution in [2.24, 2.45) is 0 Å². The van der Waals surface area contributed by atoms with Crippen molar-refractivity contribution in [2.75, 3.05) is 12.0 Å². The van der Waals surface area contributed by atoms with Crippen LogP contribution in [-0.2, 0) is 16.1 Å². The first-order chi connectivity index (χ1) is 12.5. The summed E-state index contributed by atoms with van der Waals surface area (Å²) in [5, 5.41) is 3.90. The van der Waals surface area contributed by atoms with Crippen LogP contribution >= 0.6 is 35.0 Å². The van der Waals surface area contributed by atoms with E-state index in [1.807, 2.05) is 6.26 Å². The van der Waals surface area contributed by atoms with Crippen LogP contribution in [0.5, 0.6) is 0 Å². The lowest BCUT2D eigenvalue weighted by atomic mass is 10.1. The van der Waals surface area contributed by atoms with E-state index in [0.717, 1.165) is 11.3 Å². The standard InChI is InChI=1S/C19H19Cl2NO3S/c1-26-11-10-17(22-18(23)14-4-8-16(21)9-5-14)19(24)25-12-13-2-6-15(20)7-3-13/h2-9,17H,10-12H2,1H3,(H,22,23)/t17-/m0/s1. The van der Waals surface area contributed by atoms with Crippen LogP contribution in [0.1, 0.15) is 22.3 Å². The molecule has 0 unspecified atom stereocenters. The zero-order chi connectivity index (χ0) is 18.9. The van der Waals surface area contributed by atoms with E-state index in [1.165, 1.54) is 0 Å². The van der Waals surface area contributed by atoms with Gasteiger partial charge in [0, 0.05) is 15.6 Å². The molecule has 0 heterocycles. The van der Waals surface area contributed by atoms with E-state index in [2.05, 4.69) is 5.32 Å². The van der Waals surface area contributed by atoms with Crippen molar-refractivity contribution in [1.82, 2.24) is 5.32 Å². The number of thioether (sulfide) groups is 1. The third kappa shape index (κ3) is 6.56. The molecule has 0 saturated heterocycles. The monoisotopic (exact) mass is 411 g/mol. The Balaban J connectivity index is 1.98. The van der Waals surface area contributed by atoms with Gasteiger partial charge in [0.15, 0.2) is 0 Å². The van der Waals surface area contributed by atoms with E-state index in [-0.39, 0.29) is 12.5 Å². The molecule has 0 bridgehead atoms. The quantitative estimate of drug-likeness (QED) is 0.645. The number of halogens is 2. The van der Waals surface area contributed by atoms with E-state index < -0.39 is 12.0 Å². The van der Waals surface area contributed by atoms with Gasteiger partial charge in [0.05, 0.1) is 0 Å². The van der Waals surface area contributed by atoms with Gasteiger partial charge in [0.2, 0.25) is 0 Å². The molecule has 2 aromatic carbocycles. The number of ether oxygens (including phenoxy) is 1. The van der Waals surface area contributed by atoms with Gasteiger partial charge >= 0.3 is 5.97 Å². The van der Waals surface area contributed by atoms with Crippen molar-refractivity contribution in [1.29, 1.82) is 0 Å². The lowest BCUT2D eigenvalue weighted by Crippen LogP contribution is -2.42. The average Bonchev–Trinajstić information content (AvgIpc) is 2.64. The maximum absolute atomic E-state index is 12.4. The van der Waals surface area contributed by atoms with Gasteiger partial charge in [-0.2, -0.15) is 11.8 Å². The lowest BCUT2D eigenvalue weighted by Gasteiger charge is -2.17. The zero-order valence-electron chi connectivity index (χ0n) is 14.2. The Morgan fingerprint density at radius 3 is 2.19 bits per heavy atom. The van der Waals surface area contributed by atoms with Crippen LogP contribution in [0.2, 0.25) is 10.0 Å². The highest BCUT2D eigenvalue weighted by Gasteiger charge is 2.22. The first kappa shape index (κ1) is 20.6. The summed E-state index contributed by atoms with van der Waals surface area (Å²) in [6.45, 7) is 0.128. The van der Waals surface area contributed by atoms with Crippen LogP contribution in [0, 0.1) is 0 Å². The summed E-state index contributed by atoms with van der Waals surface area (Å²) < 4.78 is 5.36. The molecule has 2 rings (SSSR count). The third-order valence-corrected chi connectivity index (χ3v) is 4.75. The maximum Gasteiger partial charge on any atom is 0.329 e. The van der Waals surface area contributed by atoms with Crippen molar-refractivity contribution < 1.29 is 14.3 Å². The fraction of sp³-hybridized carbons (Fsp3) is 0.263. The molecular formula is C19H19Cl2NO3S. The molecule has 0 spiro atoms. The molecule has 4 nitrogen and oxygen atoms in total. The molecule has 0 aliphatic rings. The molecule has 0 fully saturated rings. The molecule has 1 N–H and O–H groups in total. The number of hydrogen-bond donors (Lipinski definition) is 1. The zero-order valence-corrected chi connectivity index (χ0v) is 16.5. The van der Waals surface area contributed by atoms with Gasteiger partial charge in [0.1, 0.15) is 12.6 Å². The number of amides is 1. The van der Waals surface area contributed by atoms with Crippen molar-refractivity contribution >= 4 is 46.8 Å². The molecule has 0 aromatic heterocycles. The van der Waals surface area contributed by atoms with Crippen molar-refractivity contribution in [3.05, 3.63) is 69.7 Å². The summed E-state index contributed by atoms with van der Waals surface area (Å²) in [5.74, 6) is -0.0748.